The lowest BCUT2D eigenvalue weighted by Crippen LogP contribution is -2.48. The van der Waals surface area contributed by atoms with Crippen LogP contribution in [0.2, 0.25) is 0 Å². The minimum Gasteiger partial charge on any atom is -0.466 e. The Morgan fingerprint density at radius 2 is 2.17 bits per heavy atom. The number of aromatic nitrogens is 2. The van der Waals surface area contributed by atoms with Gasteiger partial charge in [-0.05, 0) is 40.0 Å². The van der Waals surface area contributed by atoms with Crippen molar-refractivity contribution in [1.82, 2.24) is 20.0 Å². The summed E-state index contributed by atoms with van der Waals surface area (Å²) in [6, 6.07) is 4.62. The topological polar surface area (TPSA) is 55.5 Å². The number of likely N-dealkylation sites (N-methyl/N-ethyl adjacent to an activating group) is 1. The van der Waals surface area contributed by atoms with E-state index in [2.05, 4.69) is 41.4 Å². The third kappa shape index (κ3) is 3.41. The predicted molar refractivity (Wildman–Crippen MR) is 92.9 cm³/mol. The summed E-state index contributed by atoms with van der Waals surface area (Å²) in [6.07, 6.45) is 1.94. The second-order valence-electron chi connectivity index (χ2n) is 6.71. The van der Waals surface area contributed by atoms with E-state index >= 15 is 0 Å². The molecule has 0 amide bonds. The molecule has 1 aliphatic heterocycles. The van der Waals surface area contributed by atoms with Crippen molar-refractivity contribution in [2.24, 2.45) is 7.05 Å². The molecule has 1 fully saturated rings. The van der Waals surface area contributed by atoms with Crippen LogP contribution < -0.4 is 5.32 Å². The molecule has 0 spiro atoms. The molecule has 132 valence electrons. The van der Waals surface area contributed by atoms with E-state index in [9.17, 15) is 0 Å². The SMILES string of the molecule is Cc1cc(C(C)NC[C@@H]2OCCN(C)[C@H]2c2ccnn2C)c(C)o1. The first-order valence-electron chi connectivity index (χ1n) is 8.57. The second-order valence-corrected chi connectivity index (χ2v) is 6.71. The van der Waals surface area contributed by atoms with Crippen LogP contribution in [0.1, 0.15) is 41.8 Å². The van der Waals surface area contributed by atoms with Gasteiger partial charge in [0.15, 0.2) is 0 Å². The number of furan rings is 1. The van der Waals surface area contributed by atoms with E-state index in [0.29, 0.717) is 0 Å². The van der Waals surface area contributed by atoms with E-state index in [0.717, 1.165) is 31.2 Å². The summed E-state index contributed by atoms with van der Waals surface area (Å²) in [5.74, 6) is 1.94. The maximum absolute atomic E-state index is 6.09. The molecule has 0 saturated carbocycles. The van der Waals surface area contributed by atoms with E-state index in [4.69, 9.17) is 9.15 Å². The summed E-state index contributed by atoms with van der Waals surface area (Å²) in [5.41, 5.74) is 2.40. The Morgan fingerprint density at radius 3 is 2.79 bits per heavy atom. The van der Waals surface area contributed by atoms with Gasteiger partial charge in [0.1, 0.15) is 11.5 Å². The van der Waals surface area contributed by atoms with Crippen LogP contribution in [-0.2, 0) is 11.8 Å². The largest absolute Gasteiger partial charge is 0.466 e. The zero-order valence-corrected chi connectivity index (χ0v) is 15.2. The minimum absolute atomic E-state index is 0.0925. The number of morpholine rings is 1. The van der Waals surface area contributed by atoms with Gasteiger partial charge in [-0.3, -0.25) is 9.58 Å². The molecule has 6 heteroatoms. The molecule has 0 bridgehead atoms. The number of nitrogens with zero attached hydrogens (tertiary/aromatic N) is 3. The van der Waals surface area contributed by atoms with Crippen molar-refractivity contribution in [3.05, 3.63) is 41.1 Å². The Morgan fingerprint density at radius 1 is 1.38 bits per heavy atom. The summed E-state index contributed by atoms with van der Waals surface area (Å²) in [6.45, 7) is 8.65. The zero-order valence-electron chi connectivity index (χ0n) is 15.2. The van der Waals surface area contributed by atoms with Gasteiger partial charge in [-0.1, -0.05) is 0 Å². The molecule has 3 heterocycles. The molecule has 6 nitrogen and oxygen atoms in total. The number of hydrogen-bond donors (Lipinski definition) is 1. The fourth-order valence-electron chi connectivity index (χ4n) is 3.61. The van der Waals surface area contributed by atoms with Crippen molar-refractivity contribution in [3.8, 4) is 0 Å². The number of rotatable bonds is 5. The van der Waals surface area contributed by atoms with Crippen LogP contribution in [0.25, 0.3) is 0 Å². The minimum atomic E-state index is 0.0925. The molecule has 0 radical (unpaired) electrons. The first-order valence-corrected chi connectivity index (χ1v) is 8.57. The van der Waals surface area contributed by atoms with Gasteiger partial charge in [0, 0.05) is 37.9 Å². The fraction of sp³-hybridized carbons (Fsp3) is 0.611. The molecule has 1 N–H and O–H groups in total. The molecule has 0 aliphatic carbocycles. The molecule has 0 aromatic carbocycles. The van der Waals surface area contributed by atoms with E-state index in [-0.39, 0.29) is 18.2 Å². The van der Waals surface area contributed by atoms with Crippen molar-refractivity contribution >= 4 is 0 Å². The third-order valence-electron chi connectivity index (χ3n) is 4.94. The molecular weight excluding hydrogens is 304 g/mol. The van der Waals surface area contributed by atoms with Crippen LogP contribution in [0, 0.1) is 13.8 Å². The Labute approximate surface area is 143 Å². The van der Waals surface area contributed by atoms with Crippen LogP contribution in [0.3, 0.4) is 0 Å². The summed E-state index contributed by atoms with van der Waals surface area (Å²) in [4.78, 5) is 2.35. The Bertz CT molecular complexity index is 678. The van der Waals surface area contributed by atoms with Crippen LogP contribution in [0.5, 0.6) is 0 Å². The highest BCUT2D eigenvalue weighted by Gasteiger charge is 2.33. The first-order chi connectivity index (χ1) is 11.5. The smallest absolute Gasteiger partial charge is 0.105 e. The van der Waals surface area contributed by atoms with E-state index < -0.39 is 0 Å². The zero-order chi connectivity index (χ0) is 17.3. The average Bonchev–Trinajstić information content (AvgIpc) is 3.10. The fourth-order valence-corrected chi connectivity index (χ4v) is 3.61. The Kier molecular flexibility index (Phi) is 5.08. The lowest BCUT2D eigenvalue weighted by molar-refractivity contribution is -0.0646. The summed E-state index contributed by atoms with van der Waals surface area (Å²) >= 11 is 0. The van der Waals surface area contributed by atoms with E-state index in [1.165, 1.54) is 11.3 Å². The maximum Gasteiger partial charge on any atom is 0.105 e. The number of nitrogens with one attached hydrogen (secondary N) is 1. The predicted octanol–water partition coefficient (Wildman–Crippen LogP) is 2.35. The number of hydrogen-bond acceptors (Lipinski definition) is 5. The van der Waals surface area contributed by atoms with Crippen molar-refractivity contribution < 1.29 is 9.15 Å². The van der Waals surface area contributed by atoms with Gasteiger partial charge < -0.3 is 14.5 Å². The highest BCUT2D eigenvalue weighted by Crippen LogP contribution is 2.28. The first kappa shape index (κ1) is 17.2. The molecule has 24 heavy (non-hydrogen) atoms. The van der Waals surface area contributed by atoms with E-state index in [1.54, 1.807) is 0 Å². The van der Waals surface area contributed by atoms with Crippen LogP contribution in [-0.4, -0.2) is 47.5 Å². The summed E-state index contributed by atoms with van der Waals surface area (Å²) < 4.78 is 13.7. The van der Waals surface area contributed by atoms with Crippen LogP contribution in [0.15, 0.2) is 22.7 Å². The maximum atomic E-state index is 6.09. The van der Waals surface area contributed by atoms with Crippen molar-refractivity contribution in [2.75, 3.05) is 26.7 Å². The van der Waals surface area contributed by atoms with Crippen LogP contribution >= 0.6 is 0 Å². The van der Waals surface area contributed by atoms with Crippen LogP contribution in [0.4, 0.5) is 0 Å². The van der Waals surface area contributed by atoms with Gasteiger partial charge in [0.2, 0.25) is 0 Å². The molecular formula is C18H28N4O2. The molecule has 3 rings (SSSR count). The van der Waals surface area contributed by atoms with Gasteiger partial charge in [-0.15, -0.1) is 0 Å². The summed E-state index contributed by atoms with van der Waals surface area (Å²) in [5, 5.41) is 7.93. The van der Waals surface area contributed by atoms with Gasteiger partial charge in [-0.25, -0.2) is 0 Å². The second kappa shape index (κ2) is 7.09. The highest BCUT2D eigenvalue weighted by molar-refractivity contribution is 5.23. The lowest BCUT2D eigenvalue weighted by atomic mass is 10.0. The average molecular weight is 332 g/mol. The standard InChI is InChI=1S/C18H28N4O2/c1-12-10-15(14(3)24-12)13(2)19-11-17-18(21(4)8-9-23-17)16-6-7-20-22(16)5/h6-7,10,13,17-19H,8-9,11H2,1-5H3/t13?,17-,18-/m0/s1. The van der Waals surface area contributed by atoms with Crippen molar-refractivity contribution in [1.29, 1.82) is 0 Å². The van der Waals surface area contributed by atoms with Crippen molar-refractivity contribution in [3.63, 3.8) is 0 Å². The lowest BCUT2D eigenvalue weighted by Gasteiger charge is -2.39. The van der Waals surface area contributed by atoms with Crippen molar-refractivity contribution in [2.45, 2.75) is 39.0 Å². The number of aryl methyl sites for hydroxylation is 3. The monoisotopic (exact) mass is 332 g/mol. The molecule has 1 unspecified atom stereocenters. The quantitative estimate of drug-likeness (QED) is 0.911. The Balaban J connectivity index is 1.70. The summed E-state index contributed by atoms with van der Waals surface area (Å²) in [7, 11) is 4.14. The van der Waals surface area contributed by atoms with E-state index in [1.807, 2.05) is 31.8 Å². The molecule has 2 aromatic heterocycles. The van der Waals surface area contributed by atoms with Gasteiger partial charge in [0.25, 0.3) is 0 Å². The van der Waals surface area contributed by atoms with Gasteiger partial charge >= 0.3 is 0 Å². The Hall–Kier alpha value is -1.63. The molecule has 2 aromatic rings. The number of ether oxygens (including phenoxy) is 1. The molecule has 1 aliphatic rings. The molecule has 3 atom stereocenters. The van der Waals surface area contributed by atoms with Gasteiger partial charge in [0.05, 0.1) is 24.4 Å². The normalized spacial score (nSPS) is 23.5. The third-order valence-corrected chi connectivity index (χ3v) is 4.94. The molecule has 1 saturated heterocycles. The highest BCUT2D eigenvalue weighted by atomic mass is 16.5. The van der Waals surface area contributed by atoms with Gasteiger partial charge in [-0.2, -0.15) is 5.10 Å².